The van der Waals surface area contributed by atoms with Crippen LogP contribution in [-0.2, 0) is 10.0 Å². The van der Waals surface area contributed by atoms with Crippen LogP contribution in [-0.4, -0.2) is 23.4 Å². The molecule has 0 N–H and O–H groups in total. The summed E-state index contributed by atoms with van der Waals surface area (Å²) in [6, 6.07) is 6.45. The van der Waals surface area contributed by atoms with Crippen molar-refractivity contribution in [3.8, 4) is 0 Å². The zero-order chi connectivity index (χ0) is 13.3. The van der Waals surface area contributed by atoms with Gasteiger partial charge in [-0.25, -0.2) is 0 Å². The lowest BCUT2D eigenvalue weighted by Gasteiger charge is -2.04. The molecular weight excluding hydrogens is 252 g/mol. The summed E-state index contributed by atoms with van der Waals surface area (Å²) >= 11 is 0. The van der Waals surface area contributed by atoms with E-state index in [0.717, 1.165) is 9.65 Å². The van der Waals surface area contributed by atoms with Gasteiger partial charge in [0.05, 0.1) is 22.9 Å². The van der Waals surface area contributed by atoms with Gasteiger partial charge in [-0.05, 0) is 26.0 Å². The van der Waals surface area contributed by atoms with E-state index in [1.165, 1.54) is 31.5 Å². The highest BCUT2D eigenvalue weighted by molar-refractivity contribution is 7.89. The summed E-state index contributed by atoms with van der Waals surface area (Å²) < 4.78 is 25.2. The van der Waals surface area contributed by atoms with Crippen LogP contribution in [0.1, 0.15) is 22.8 Å². The molecular formula is C12H12N2O3S. The number of hydrogen-bond donors (Lipinski definition) is 0. The standard InChI is InChI=1S/C12H12N2O3S/c1-9-3-5-12(6-4-9)18(16,17)14-8-11(7-13-14)10(2)15/h3-8H,1-2H3. The smallest absolute Gasteiger partial charge is 0.282 e. The van der Waals surface area contributed by atoms with Crippen molar-refractivity contribution >= 4 is 15.8 Å². The van der Waals surface area contributed by atoms with Crippen LogP contribution < -0.4 is 0 Å². The minimum atomic E-state index is -3.72. The third-order valence-corrected chi connectivity index (χ3v) is 4.09. The number of ketones is 1. The van der Waals surface area contributed by atoms with Gasteiger partial charge in [-0.15, -0.1) is 0 Å². The molecule has 0 atom stereocenters. The summed E-state index contributed by atoms with van der Waals surface area (Å²) in [5, 5.41) is 3.72. The fourth-order valence-electron chi connectivity index (χ4n) is 1.44. The van der Waals surface area contributed by atoms with E-state index in [9.17, 15) is 13.2 Å². The molecule has 18 heavy (non-hydrogen) atoms. The first-order valence-electron chi connectivity index (χ1n) is 5.29. The molecule has 2 rings (SSSR count). The van der Waals surface area contributed by atoms with E-state index in [0.29, 0.717) is 0 Å². The van der Waals surface area contributed by atoms with Crippen LogP contribution in [0.3, 0.4) is 0 Å². The van der Waals surface area contributed by atoms with Gasteiger partial charge in [0.15, 0.2) is 5.78 Å². The minimum absolute atomic E-state index is 0.145. The topological polar surface area (TPSA) is 69.0 Å². The highest BCUT2D eigenvalue weighted by Gasteiger charge is 2.18. The Morgan fingerprint density at radius 1 is 1.22 bits per heavy atom. The van der Waals surface area contributed by atoms with Crippen molar-refractivity contribution in [3.63, 3.8) is 0 Å². The average Bonchev–Trinajstić information content (AvgIpc) is 2.79. The monoisotopic (exact) mass is 264 g/mol. The number of benzene rings is 1. The van der Waals surface area contributed by atoms with Crippen LogP contribution in [0.4, 0.5) is 0 Å². The van der Waals surface area contributed by atoms with E-state index in [2.05, 4.69) is 5.10 Å². The Hall–Kier alpha value is -1.95. The zero-order valence-electron chi connectivity index (χ0n) is 9.99. The van der Waals surface area contributed by atoms with Crippen molar-refractivity contribution in [2.75, 3.05) is 0 Å². The van der Waals surface area contributed by atoms with Crippen LogP contribution in [0.2, 0.25) is 0 Å². The average molecular weight is 264 g/mol. The molecule has 0 radical (unpaired) electrons. The molecule has 1 aromatic carbocycles. The van der Waals surface area contributed by atoms with E-state index in [4.69, 9.17) is 0 Å². The number of Topliss-reactive ketones (excluding diaryl/α,β-unsaturated/α-hetero) is 1. The summed E-state index contributed by atoms with van der Waals surface area (Å²) in [7, 11) is -3.72. The molecule has 0 spiro atoms. The molecule has 0 bridgehead atoms. The molecule has 5 nitrogen and oxygen atoms in total. The molecule has 0 aliphatic rings. The quantitative estimate of drug-likeness (QED) is 0.790. The van der Waals surface area contributed by atoms with Crippen molar-refractivity contribution in [2.24, 2.45) is 0 Å². The van der Waals surface area contributed by atoms with Gasteiger partial charge in [0.2, 0.25) is 0 Å². The van der Waals surface area contributed by atoms with E-state index >= 15 is 0 Å². The van der Waals surface area contributed by atoms with Crippen LogP contribution in [0, 0.1) is 6.92 Å². The van der Waals surface area contributed by atoms with Crippen molar-refractivity contribution in [3.05, 3.63) is 47.8 Å². The van der Waals surface area contributed by atoms with Gasteiger partial charge in [-0.3, -0.25) is 4.79 Å². The number of nitrogens with zero attached hydrogens (tertiary/aromatic N) is 2. The van der Waals surface area contributed by atoms with Crippen LogP contribution in [0.5, 0.6) is 0 Å². The van der Waals surface area contributed by atoms with Gasteiger partial charge < -0.3 is 0 Å². The predicted molar refractivity (Wildman–Crippen MR) is 66.0 cm³/mol. The van der Waals surface area contributed by atoms with Gasteiger partial charge >= 0.3 is 0 Å². The summed E-state index contributed by atoms with van der Waals surface area (Å²) in [6.45, 7) is 3.23. The van der Waals surface area contributed by atoms with E-state index < -0.39 is 10.0 Å². The third kappa shape index (κ3) is 2.19. The Kier molecular flexibility index (Phi) is 3.04. The molecule has 2 aromatic rings. The molecule has 94 valence electrons. The maximum Gasteiger partial charge on any atom is 0.282 e. The maximum absolute atomic E-state index is 12.2. The number of aryl methyl sites for hydroxylation is 1. The van der Waals surface area contributed by atoms with E-state index in [-0.39, 0.29) is 16.2 Å². The van der Waals surface area contributed by atoms with Crippen molar-refractivity contribution < 1.29 is 13.2 Å². The first kappa shape index (κ1) is 12.5. The lowest BCUT2D eigenvalue weighted by Crippen LogP contribution is -2.13. The van der Waals surface area contributed by atoms with Gasteiger partial charge in [-0.2, -0.15) is 17.6 Å². The van der Waals surface area contributed by atoms with Gasteiger partial charge in [0.1, 0.15) is 0 Å². The van der Waals surface area contributed by atoms with E-state index in [1.807, 2.05) is 6.92 Å². The number of carbonyl (C=O) groups excluding carboxylic acids is 1. The van der Waals surface area contributed by atoms with Gasteiger partial charge in [0, 0.05) is 0 Å². The largest absolute Gasteiger partial charge is 0.294 e. The van der Waals surface area contributed by atoms with Crippen LogP contribution in [0.25, 0.3) is 0 Å². The van der Waals surface area contributed by atoms with Crippen molar-refractivity contribution in [1.29, 1.82) is 0 Å². The Balaban J connectivity index is 2.47. The van der Waals surface area contributed by atoms with E-state index in [1.54, 1.807) is 12.1 Å². The second-order valence-electron chi connectivity index (χ2n) is 3.98. The second-order valence-corrected chi connectivity index (χ2v) is 5.77. The molecule has 0 fully saturated rings. The highest BCUT2D eigenvalue weighted by atomic mass is 32.2. The molecule has 0 saturated carbocycles. The van der Waals surface area contributed by atoms with Crippen LogP contribution in [0.15, 0.2) is 41.6 Å². The lowest BCUT2D eigenvalue weighted by atomic mass is 10.2. The Morgan fingerprint density at radius 2 is 1.83 bits per heavy atom. The Labute approximate surface area is 105 Å². The minimum Gasteiger partial charge on any atom is -0.294 e. The number of hydrogen-bond acceptors (Lipinski definition) is 4. The normalized spacial score (nSPS) is 11.4. The zero-order valence-corrected chi connectivity index (χ0v) is 10.8. The number of aromatic nitrogens is 2. The lowest BCUT2D eigenvalue weighted by molar-refractivity contribution is 0.101. The first-order chi connectivity index (χ1) is 8.41. The third-order valence-electron chi connectivity index (χ3n) is 2.53. The molecule has 1 aromatic heterocycles. The summed E-state index contributed by atoms with van der Waals surface area (Å²) in [5.41, 5.74) is 1.24. The Morgan fingerprint density at radius 3 is 2.33 bits per heavy atom. The SMILES string of the molecule is CC(=O)c1cnn(S(=O)(=O)c2ccc(C)cc2)c1. The van der Waals surface area contributed by atoms with Crippen molar-refractivity contribution in [2.45, 2.75) is 18.7 Å². The molecule has 0 aliphatic heterocycles. The summed E-state index contributed by atoms with van der Waals surface area (Å²) in [5.74, 6) is -0.222. The first-order valence-corrected chi connectivity index (χ1v) is 6.73. The van der Waals surface area contributed by atoms with Crippen molar-refractivity contribution in [1.82, 2.24) is 9.19 Å². The number of rotatable bonds is 3. The number of carbonyl (C=O) groups is 1. The Bertz CT molecular complexity index is 684. The van der Waals surface area contributed by atoms with Crippen LogP contribution >= 0.6 is 0 Å². The summed E-state index contributed by atoms with van der Waals surface area (Å²) in [4.78, 5) is 11.3. The fraction of sp³-hybridized carbons (Fsp3) is 0.167. The molecule has 0 aliphatic carbocycles. The molecule has 1 heterocycles. The molecule has 6 heteroatoms. The fourth-order valence-corrected chi connectivity index (χ4v) is 2.56. The summed E-state index contributed by atoms with van der Waals surface area (Å²) in [6.07, 6.45) is 2.46. The maximum atomic E-state index is 12.2. The highest BCUT2D eigenvalue weighted by Crippen LogP contribution is 2.14. The predicted octanol–water partition coefficient (Wildman–Crippen LogP) is 1.63. The second kappa shape index (κ2) is 4.38. The molecule has 0 saturated heterocycles. The van der Waals surface area contributed by atoms with Gasteiger partial charge in [0.25, 0.3) is 10.0 Å². The molecule has 0 unspecified atom stereocenters. The molecule has 0 amide bonds. The van der Waals surface area contributed by atoms with Gasteiger partial charge in [-0.1, -0.05) is 17.7 Å².